The SMILES string of the molecule is CCN(CC)c1ccc2nc3c4cc(C(=O)NN)ccc4c(=O)cc-3oc2c1. The fraction of sp³-hybridized carbons (Fsp3) is 0.190. The molecule has 2 aromatic rings. The number of carbonyl (C=O) groups is 1. The highest BCUT2D eigenvalue weighted by Gasteiger charge is 2.18. The maximum Gasteiger partial charge on any atom is 0.265 e. The van der Waals surface area contributed by atoms with Gasteiger partial charge in [-0.15, -0.1) is 0 Å². The number of hydrogen-bond donors (Lipinski definition) is 2. The summed E-state index contributed by atoms with van der Waals surface area (Å²) in [6.07, 6.45) is 0. The van der Waals surface area contributed by atoms with E-state index in [1.54, 1.807) is 18.2 Å². The summed E-state index contributed by atoms with van der Waals surface area (Å²) < 4.78 is 6.03. The van der Waals surface area contributed by atoms with Crippen LogP contribution in [0.5, 0.6) is 0 Å². The highest BCUT2D eigenvalue weighted by atomic mass is 16.3. The van der Waals surface area contributed by atoms with Gasteiger partial charge in [0.15, 0.2) is 16.8 Å². The van der Waals surface area contributed by atoms with Crippen LogP contribution in [0.2, 0.25) is 0 Å². The highest BCUT2D eigenvalue weighted by molar-refractivity contribution is 6.02. The first kappa shape index (κ1) is 17.9. The van der Waals surface area contributed by atoms with E-state index in [0.29, 0.717) is 38.9 Å². The Morgan fingerprint density at radius 2 is 1.89 bits per heavy atom. The molecule has 1 aliphatic heterocycles. The van der Waals surface area contributed by atoms with Crippen molar-refractivity contribution < 1.29 is 9.21 Å². The standard InChI is InChI=1S/C21H20N4O3/c1-3-25(4-2)13-6-8-16-18(10-13)28-19-11-17(26)14-7-5-12(21(27)24-22)9-15(14)20(19)23-16/h5-11H,3-4,22H2,1-2H3,(H,24,27). The molecule has 0 unspecified atom stereocenters. The van der Waals surface area contributed by atoms with Gasteiger partial charge in [0.2, 0.25) is 0 Å². The van der Waals surface area contributed by atoms with Crippen molar-refractivity contribution in [3.63, 3.8) is 0 Å². The van der Waals surface area contributed by atoms with E-state index >= 15 is 0 Å². The van der Waals surface area contributed by atoms with Gasteiger partial charge in [0, 0.05) is 47.2 Å². The van der Waals surface area contributed by atoms with Crippen LogP contribution in [0.25, 0.3) is 33.3 Å². The van der Waals surface area contributed by atoms with Crippen molar-refractivity contribution in [1.82, 2.24) is 10.4 Å². The molecule has 0 saturated carbocycles. The number of carbonyl (C=O) groups excluding carboxylic acids is 1. The molecule has 0 fully saturated rings. The number of nitrogens with two attached hydrogens (primary N) is 1. The first-order valence-electron chi connectivity index (χ1n) is 9.13. The Labute approximate surface area is 161 Å². The van der Waals surface area contributed by atoms with Crippen molar-refractivity contribution in [1.29, 1.82) is 0 Å². The van der Waals surface area contributed by atoms with Crippen molar-refractivity contribution in [3.05, 3.63) is 58.3 Å². The third-order valence-corrected chi connectivity index (χ3v) is 4.95. The molecule has 7 heteroatoms. The van der Waals surface area contributed by atoms with E-state index in [1.165, 1.54) is 6.07 Å². The number of nitrogen functional groups attached to an aromatic ring is 1. The molecular weight excluding hydrogens is 356 g/mol. The van der Waals surface area contributed by atoms with Gasteiger partial charge in [-0.25, -0.2) is 10.8 Å². The number of nitrogens with zero attached hydrogens (tertiary/aromatic N) is 2. The maximum atomic E-state index is 12.5. The summed E-state index contributed by atoms with van der Waals surface area (Å²) in [5.74, 6) is 5.17. The van der Waals surface area contributed by atoms with Crippen LogP contribution < -0.4 is 21.6 Å². The minimum Gasteiger partial charge on any atom is -0.453 e. The van der Waals surface area contributed by atoms with Crippen LogP contribution in [0.15, 0.2) is 51.7 Å². The molecule has 1 aliphatic carbocycles. The summed E-state index contributed by atoms with van der Waals surface area (Å²) in [5, 5.41) is 1.03. The Balaban J connectivity index is 2.00. The molecule has 0 aromatic heterocycles. The maximum absolute atomic E-state index is 12.5. The van der Waals surface area contributed by atoms with Gasteiger partial charge in [0.25, 0.3) is 5.91 Å². The Morgan fingerprint density at radius 1 is 1.11 bits per heavy atom. The summed E-state index contributed by atoms with van der Waals surface area (Å²) in [6, 6.07) is 12.1. The third kappa shape index (κ3) is 2.86. The lowest BCUT2D eigenvalue weighted by atomic mass is 10.0. The predicted molar refractivity (Wildman–Crippen MR) is 110 cm³/mol. The third-order valence-electron chi connectivity index (χ3n) is 4.95. The van der Waals surface area contributed by atoms with Crippen LogP contribution in [0.1, 0.15) is 24.2 Å². The lowest BCUT2D eigenvalue weighted by Gasteiger charge is -2.21. The van der Waals surface area contributed by atoms with Gasteiger partial charge in [0.1, 0.15) is 11.2 Å². The van der Waals surface area contributed by atoms with Crippen molar-refractivity contribution in [2.24, 2.45) is 5.84 Å². The normalized spacial score (nSPS) is 11.2. The van der Waals surface area contributed by atoms with Crippen molar-refractivity contribution in [2.75, 3.05) is 18.0 Å². The number of amides is 1. The second-order valence-electron chi connectivity index (χ2n) is 6.49. The molecular formula is C21H20N4O3. The minimum absolute atomic E-state index is 0.188. The van der Waals surface area contributed by atoms with Crippen LogP contribution in [0.3, 0.4) is 0 Å². The molecule has 7 nitrogen and oxygen atoms in total. The van der Waals surface area contributed by atoms with E-state index in [-0.39, 0.29) is 5.43 Å². The van der Waals surface area contributed by atoms with Gasteiger partial charge < -0.3 is 9.32 Å². The number of nitrogens with one attached hydrogen (secondary N) is 1. The second-order valence-corrected chi connectivity index (χ2v) is 6.49. The Morgan fingerprint density at radius 3 is 2.61 bits per heavy atom. The number of hydrazine groups is 1. The number of anilines is 1. The van der Waals surface area contributed by atoms with Crippen LogP contribution >= 0.6 is 0 Å². The van der Waals surface area contributed by atoms with E-state index < -0.39 is 5.91 Å². The Kier molecular flexibility index (Phi) is 4.44. The zero-order valence-corrected chi connectivity index (χ0v) is 15.7. The molecule has 3 N–H and O–H groups in total. The smallest absolute Gasteiger partial charge is 0.265 e. The molecule has 1 heterocycles. The lowest BCUT2D eigenvalue weighted by Crippen LogP contribution is -2.29. The summed E-state index contributed by atoms with van der Waals surface area (Å²) >= 11 is 0. The molecule has 4 rings (SSSR count). The van der Waals surface area contributed by atoms with Crippen molar-refractivity contribution in [3.8, 4) is 11.5 Å². The molecule has 0 atom stereocenters. The average Bonchev–Trinajstić information content (AvgIpc) is 2.72. The molecule has 1 amide bonds. The Hall–Kier alpha value is -3.45. The minimum atomic E-state index is -0.437. The van der Waals surface area contributed by atoms with Crippen molar-refractivity contribution in [2.45, 2.75) is 13.8 Å². The first-order valence-corrected chi connectivity index (χ1v) is 9.13. The number of benzene rings is 3. The quantitative estimate of drug-likeness (QED) is 0.187. The summed E-state index contributed by atoms with van der Waals surface area (Å²) in [6.45, 7) is 5.94. The van der Waals surface area contributed by atoms with Crippen LogP contribution in [-0.4, -0.2) is 24.0 Å². The van der Waals surface area contributed by atoms with E-state index in [9.17, 15) is 9.59 Å². The molecule has 2 aromatic carbocycles. The Bertz CT molecular complexity index is 1230. The van der Waals surface area contributed by atoms with Crippen molar-refractivity contribution >= 4 is 33.5 Å². The van der Waals surface area contributed by atoms with Gasteiger partial charge in [-0.2, -0.15) is 0 Å². The molecule has 28 heavy (non-hydrogen) atoms. The van der Waals surface area contributed by atoms with E-state index in [2.05, 4.69) is 24.2 Å². The molecule has 0 spiro atoms. The molecule has 0 saturated heterocycles. The van der Waals surface area contributed by atoms with Gasteiger partial charge in [0.05, 0.1) is 0 Å². The average molecular weight is 376 g/mol. The monoisotopic (exact) mass is 376 g/mol. The molecule has 0 bridgehead atoms. The number of aromatic nitrogens is 1. The topological polar surface area (TPSA) is 101 Å². The van der Waals surface area contributed by atoms with E-state index in [4.69, 9.17) is 15.2 Å². The molecule has 2 aliphatic rings. The van der Waals surface area contributed by atoms with Crippen LogP contribution in [-0.2, 0) is 0 Å². The van der Waals surface area contributed by atoms with Gasteiger partial charge >= 0.3 is 0 Å². The fourth-order valence-corrected chi connectivity index (χ4v) is 3.47. The summed E-state index contributed by atoms with van der Waals surface area (Å²) in [5.41, 5.74) is 5.11. The van der Waals surface area contributed by atoms with Crippen LogP contribution in [0, 0.1) is 0 Å². The first-order chi connectivity index (χ1) is 13.5. The molecule has 142 valence electrons. The zero-order chi connectivity index (χ0) is 19.8. The molecule has 0 radical (unpaired) electrons. The number of hydrogen-bond acceptors (Lipinski definition) is 6. The van der Waals surface area contributed by atoms with Gasteiger partial charge in [-0.1, -0.05) is 0 Å². The fourth-order valence-electron chi connectivity index (χ4n) is 3.47. The lowest BCUT2D eigenvalue weighted by molar-refractivity contribution is 0.0954. The zero-order valence-electron chi connectivity index (χ0n) is 15.7. The predicted octanol–water partition coefficient (Wildman–Crippen LogP) is 2.90. The van der Waals surface area contributed by atoms with E-state index in [0.717, 1.165) is 18.8 Å². The number of fused-ring (bicyclic) bond motifs is 4. The van der Waals surface area contributed by atoms with E-state index in [1.807, 2.05) is 18.2 Å². The number of rotatable bonds is 4. The van der Waals surface area contributed by atoms with Gasteiger partial charge in [-0.3, -0.25) is 15.0 Å². The second kappa shape index (κ2) is 6.94. The highest BCUT2D eigenvalue weighted by Crippen LogP contribution is 2.32. The van der Waals surface area contributed by atoms with Crippen LogP contribution in [0.4, 0.5) is 5.69 Å². The largest absolute Gasteiger partial charge is 0.453 e. The summed E-state index contributed by atoms with van der Waals surface area (Å²) in [7, 11) is 0. The van der Waals surface area contributed by atoms with Gasteiger partial charge in [-0.05, 0) is 44.2 Å². The summed E-state index contributed by atoms with van der Waals surface area (Å²) in [4.78, 5) is 31.3.